The molecule has 1 aliphatic rings. The van der Waals surface area contributed by atoms with E-state index in [1.54, 1.807) is 14.0 Å². The fourth-order valence-corrected chi connectivity index (χ4v) is 2.26. The minimum Gasteiger partial charge on any atom is -0.381 e. The second-order valence-electron chi connectivity index (χ2n) is 4.94. The van der Waals surface area contributed by atoms with Crippen LogP contribution in [0, 0.1) is 12.3 Å². The summed E-state index contributed by atoms with van der Waals surface area (Å²) in [5, 5.41) is 7.29. The molecule has 0 aliphatic heterocycles. The van der Waals surface area contributed by atoms with E-state index in [1.807, 2.05) is 0 Å². The van der Waals surface area contributed by atoms with Gasteiger partial charge >= 0.3 is 0 Å². The van der Waals surface area contributed by atoms with Gasteiger partial charge in [-0.2, -0.15) is 4.98 Å². The molecule has 0 amide bonds. The highest BCUT2D eigenvalue weighted by molar-refractivity contribution is 5.03. The van der Waals surface area contributed by atoms with Crippen molar-refractivity contribution in [3.05, 3.63) is 11.7 Å². The third-order valence-corrected chi connectivity index (χ3v) is 3.54. The molecule has 1 aromatic rings. The van der Waals surface area contributed by atoms with E-state index in [4.69, 9.17) is 9.26 Å². The van der Waals surface area contributed by atoms with E-state index in [-0.39, 0.29) is 5.41 Å². The molecule has 0 saturated heterocycles. The summed E-state index contributed by atoms with van der Waals surface area (Å²) < 4.78 is 10.3. The van der Waals surface area contributed by atoms with Gasteiger partial charge in [-0.25, -0.2) is 0 Å². The number of nitrogens with one attached hydrogen (secondary N) is 1. The molecule has 0 bridgehead atoms. The normalized spacial score (nSPS) is 27.8. The first-order valence-electron chi connectivity index (χ1n) is 5.59. The van der Waals surface area contributed by atoms with Crippen molar-refractivity contribution in [3.8, 4) is 0 Å². The van der Waals surface area contributed by atoms with Crippen molar-refractivity contribution in [2.45, 2.75) is 45.9 Å². The Morgan fingerprint density at radius 2 is 2.31 bits per heavy atom. The molecule has 5 heteroatoms. The zero-order chi connectivity index (χ0) is 11.8. The van der Waals surface area contributed by atoms with Crippen LogP contribution in [0.1, 0.15) is 32.0 Å². The van der Waals surface area contributed by atoms with Gasteiger partial charge in [0.25, 0.3) is 0 Å². The fraction of sp³-hybridized carbons (Fsp3) is 0.818. The number of methoxy groups -OCH3 is 1. The second-order valence-corrected chi connectivity index (χ2v) is 4.94. The van der Waals surface area contributed by atoms with E-state index in [2.05, 4.69) is 29.3 Å². The Balaban J connectivity index is 1.84. The SMILES string of the molecule is COC1CC(NCc2noc(C)n2)C1(C)C. The van der Waals surface area contributed by atoms with Gasteiger partial charge in [0.1, 0.15) is 0 Å². The van der Waals surface area contributed by atoms with Crippen molar-refractivity contribution >= 4 is 0 Å². The molecule has 0 radical (unpaired) electrons. The van der Waals surface area contributed by atoms with Crippen LogP contribution in [-0.4, -0.2) is 29.4 Å². The van der Waals surface area contributed by atoms with Crippen LogP contribution in [-0.2, 0) is 11.3 Å². The highest BCUT2D eigenvalue weighted by atomic mass is 16.5. The topological polar surface area (TPSA) is 60.2 Å². The summed E-state index contributed by atoms with van der Waals surface area (Å²) in [6.07, 6.45) is 1.39. The average Bonchev–Trinajstić information content (AvgIpc) is 2.63. The zero-order valence-electron chi connectivity index (χ0n) is 10.3. The molecule has 2 atom stereocenters. The van der Waals surface area contributed by atoms with E-state index < -0.39 is 0 Å². The van der Waals surface area contributed by atoms with E-state index in [1.165, 1.54) is 0 Å². The predicted octanol–water partition coefficient (Wildman–Crippen LogP) is 1.28. The van der Waals surface area contributed by atoms with E-state index >= 15 is 0 Å². The van der Waals surface area contributed by atoms with Gasteiger partial charge in [0, 0.05) is 25.5 Å². The summed E-state index contributed by atoms with van der Waals surface area (Å²) in [6.45, 7) is 6.88. The third-order valence-electron chi connectivity index (χ3n) is 3.54. The number of hydrogen-bond donors (Lipinski definition) is 1. The van der Waals surface area contributed by atoms with Gasteiger partial charge in [-0.1, -0.05) is 19.0 Å². The summed E-state index contributed by atoms with van der Waals surface area (Å²) in [6, 6.07) is 0.455. The first-order chi connectivity index (χ1) is 7.54. The van der Waals surface area contributed by atoms with Crippen molar-refractivity contribution in [1.29, 1.82) is 0 Å². The predicted molar refractivity (Wildman–Crippen MR) is 58.9 cm³/mol. The van der Waals surface area contributed by atoms with Gasteiger partial charge in [-0.15, -0.1) is 0 Å². The van der Waals surface area contributed by atoms with Crippen molar-refractivity contribution in [2.75, 3.05) is 7.11 Å². The molecule has 1 aliphatic carbocycles. The lowest BCUT2D eigenvalue weighted by molar-refractivity contribution is -0.0980. The van der Waals surface area contributed by atoms with Crippen LogP contribution in [0.4, 0.5) is 0 Å². The van der Waals surface area contributed by atoms with Gasteiger partial charge < -0.3 is 14.6 Å². The molecule has 16 heavy (non-hydrogen) atoms. The van der Waals surface area contributed by atoms with Crippen LogP contribution in [0.2, 0.25) is 0 Å². The standard InChI is InChI=1S/C11H19N3O2/c1-7-13-10(14-16-7)6-12-8-5-9(15-4)11(8,2)3/h8-9,12H,5-6H2,1-4H3. The number of rotatable bonds is 4. The quantitative estimate of drug-likeness (QED) is 0.836. The summed E-state index contributed by atoms with van der Waals surface area (Å²) in [5.74, 6) is 1.33. The van der Waals surface area contributed by atoms with E-state index in [0.717, 1.165) is 6.42 Å². The highest BCUT2D eigenvalue weighted by Crippen LogP contribution is 2.42. The van der Waals surface area contributed by atoms with Gasteiger partial charge in [0.15, 0.2) is 5.82 Å². The van der Waals surface area contributed by atoms with Crippen LogP contribution in [0.5, 0.6) is 0 Å². The van der Waals surface area contributed by atoms with Gasteiger partial charge in [0.2, 0.25) is 5.89 Å². The van der Waals surface area contributed by atoms with Gasteiger partial charge in [-0.05, 0) is 6.42 Å². The summed E-state index contributed by atoms with van der Waals surface area (Å²) in [4.78, 5) is 4.16. The Morgan fingerprint density at radius 1 is 1.56 bits per heavy atom. The molecule has 5 nitrogen and oxygen atoms in total. The molecule has 1 aromatic heterocycles. The number of hydrogen-bond acceptors (Lipinski definition) is 5. The van der Waals surface area contributed by atoms with Crippen LogP contribution < -0.4 is 5.32 Å². The maximum atomic E-state index is 5.40. The van der Waals surface area contributed by atoms with Crippen LogP contribution in [0.25, 0.3) is 0 Å². The average molecular weight is 225 g/mol. The molecule has 1 saturated carbocycles. The lowest BCUT2D eigenvalue weighted by atomic mass is 9.64. The minimum atomic E-state index is 0.174. The summed E-state index contributed by atoms with van der Waals surface area (Å²) in [5.41, 5.74) is 0.174. The first kappa shape index (κ1) is 11.5. The first-order valence-corrected chi connectivity index (χ1v) is 5.59. The van der Waals surface area contributed by atoms with Gasteiger partial charge in [0.05, 0.1) is 12.6 Å². The third kappa shape index (κ3) is 1.97. The number of aryl methyl sites for hydroxylation is 1. The number of nitrogens with zero attached hydrogens (tertiary/aromatic N) is 2. The molecular weight excluding hydrogens is 206 g/mol. The van der Waals surface area contributed by atoms with Crippen LogP contribution in [0.3, 0.4) is 0 Å². The van der Waals surface area contributed by atoms with Crippen LogP contribution in [0.15, 0.2) is 4.52 Å². The number of ether oxygens (including phenoxy) is 1. The maximum absolute atomic E-state index is 5.40. The van der Waals surface area contributed by atoms with Gasteiger partial charge in [-0.3, -0.25) is 0 Å². The minimum absolute atomic E-state index is 0.174. The fourth-order valence-electron chi connectivity index (χ4n) is 2.26. The molecular formula is C11H19N3O2. The Hall–Kier alpha value is -0.940. The van der Waals surface area contributed by atoms with Crippen molar-refractivity contribution in [3.63, 3.8) is 0 Å². The van der Waals surface area contributed by atoms with E-state index in [0.29, 0.717) is 30.4 Å². The van der Waals surface area contributed by atoms with Crippen LogP contribution >= 0.6 is 0 Å². The lowest BCUT2D eigenvalue weighted by Crippen LogP contribution is -2.60. The van der Waals surface area contributed by atoms with Crippen molar-refractivity contribution < 1.29 is 9.26 Å². The molecule has 1 fully saturated rings. The van der Waals surface area contributed by atoms with Crippen molar-refractivity contribution in [2.24, 2.45) is 5.41 Å². The molecule has 1 heterocycles. The summed E-state index contributed by atoms with van der Waals surface area (Å²) in [7, 11) is 1.77. The maximum Gasteiger partial charge on any atom is 0.223 e. The zero-order valence-corrected chi connectivity index (χ0v) is 10.3. The molecule has 0 aromatic carbocycles. The van der Waals surface area contributed by atoms with E-state index in [9.17, 15) is 0 Å². The molecule has 0 spiro atoms. The summed E-state index contributed by atoms with van der Waals surface area (Å²) >= 11 is 0. The lowest BCUT2D eigenvalue weighted by Gasteiger charge is -2.51. The monoisotopic (exact) mass is 225 g/mol. The molecule has 90 valence electrons. The smallest absolute Gasteiger partial charge is 0.223 e. The highest BCUT2D eigenvalue weighted by Gasteiger charge is 2.48. The Labute approximate surface area is 95.6 Å². The molecule has 2 unspecified atom stereocenters. The molecule has 1 N–H and O–H groups in total. The second kappa shape index (κ2) is 4.14. The Kier molecular flexibility index (Phi) is 2.99. The van der Waals surface area contributed by atoms with Crippen molar-refractivity contribution in [1.82, 2.24) is 15.5 Å². The Bertz CT molecular complexity index is 362. The number of aromatic nitrogens is 2. The largest absolute Gasteiger partial charge is 0.381 e. The molecule has 2 rings (SSSR count). The Morgan fingerprint density at radius 3 is 2.81 bits per heavy atom.